The molecule has 0 fully saturated rings. The van der Waals surface area contributed by atoms with Gasteiger partial charge in [0.05, 0.1) is 11.8 Å². The lowest BCUT2D eigenvalue weighted by atomic mass is 10.4. The number of carbonyl (C=O) groups is 3. The van der Waals surface area contributed by atoms with Gasteiger partial charge in [0.25, 0.3) is 0 Å². The highest BCUT2D eigenvalue weighted by atomic mass is 17.0. The summed E-state index contributed by atoms with van der Waals surface area (Å²) in [6, 6.07) is 0. The van der Waals surface area contributed by atoms with Gasteiger partial charge in [0.1, 0.15) is 0 Å². The molecule has 0 bridgehead atoms. The number of ether oxygens (including phenoxy) is 1. The molecular formula is C10H13NO6. The Hall–Kier alpha value is -2.31. The Morgan fingerprint density at radius 2 is 1.88 bits per heavy atom. The van der Waals surface area contributed by atoms with Crippen LogP contribution in [-0.4, -0.2) is 29.9 Å². The van der Waals surface area contributed by atoms with Crippen LogP contribution in [0.4, 0.5) is 4.79 Å². The summed E-state index contributed by atoms with van der Waals surface area (Å²) < 4.78 is 4.50. The van der Waals surface area contributed by atoms with Crippen molar-refractivity contribution in [1.29, 1.82) is 0 Å². The average Bonchev–Trinajstić information content (AvgIpc) is 2.27. The molecule has 0 aromatic carbocycles. The Labute approximate surface area is 98.1 Å². The van der Waals surface area contributed by atoms with E-state index in [1.54, 1.807) is 0 Å². The van der Waals surface area contributed by atoms with Crippen LogP contribution in [-0.2, 0) is 24.0 Å². The number of hydroxylamine groups is 2. The molecule has 17 heavy (non-hydrogen) atoms. The minimum atomic E-state index is -1.14. The SMILES string of the molecule is C=CC(=O)ON(OC(=O)C(=C)C)C(=O)OCC. The van der Waals surface area contributed by atoms with Crippen molar-refractivity contribution in [2.45, 2.75) is 13.8 Å². The first-order valence-corrected chi connectivity index (χ1v) is 4.61. The fourth-order valence-electron chi connectivity index (χ4n) is 0.542. The van der Waals surface area contributed by atoms with E-state index in [2.05, 4.69) is 27.6 Å². The molecule has 0 spiro atoms. The molecule has 0 atom stereocenters. The van der Waals surface area contributed by atoms with E-state index < -0.39 is 18.0 Å². The molecule has 0 radical (unpaired) electrons. The summed E-state index contributed by atoms with van der Waals surface area (Å²) >= 11 is 0. The maximum absolute atomic E-state index is 11.2. The molecule has 7 heteroatoms. The minimum Gasteiger partial charge on any atom is -0.445 e. The first-order chi connectivity index (χ1) is 7.92. The lowest BCUT2D eigenvalue weighted by molar-refractivity contribution is -0.294. The summed E-state index contributed by atoms with van der Waals surface area (Å²) in [5.74, 6) is -1.91. The second-order valence-electron chi connectivity index (χ2n) is 2.73. The lowest BCUT2D eigenvalue weighted by Crippen LogP contribution is -2.36. The van der Waals surface area contributed by atoms with Gasteiger partial charge in [0, 0.05) is 11.6 Å². The van der Waals surface area contributed by atoms with E-state index in [-0.39, 0.29) is 17.4 Å². The number of hydrogen-bond donors (Lipinski definition) is 0. The van der Waals surface area contributed by atoms with Gasteiger partial charge in [-0.1, -0.05) is 13.2 Å². The smallest absolute Gasteiger partial charge is 0.445 e. The fraction of sp³-hybridized carbons (Fsp3) is 0.300. The van der Waals surface area contributed by atoms with E-state index in [4.69, 9.17) is 0 Å². The van der Waals surface area contributed by atoms with E-state index in [9.17, 15) is 14.4 Å². The number of rotatable bonds is 3. The normalized spacial score (nSPS) is 8.82. The second-order valence-corrected chi connectivity index (χ2v) is 2.73. The van der Waals surface area contributed by atoms with Gasteiger partial charge in [-0.25, -0.2) is 14.4 Å². The monoisotopic (exact) mass is 243 g/mol. The van der Waals surface area contributed by atoms with Crippen LogP contribution in [0.15, 0.2) is 24.8 Å². The van der Waals surface area contributed by atoms with Gasteiger partial charge in [0.15, 0.2) is 0 Å². The maximum Gasteiger partial charge on any atom is 0.479 e. The van der Waals surface area contributed by atoms with Crippen LogP contribution in [0.2, 0.25) is 0 Å². The molecule has 0 rings (SSSR count). The number of amides is 1. The highest BCUT2D eigenvalue weighted by molar-refractivity contribution is 5.88. The van der Waals surface area contributed by atoms with Crippen molar-refractivity contribution in [1.82, 2.24) is 5.23 Å². The van der Waals surface area contributed by atoms with Crippen molar-refractivity contribution in [2.24, 2.45) is 0 Å². The predicted molar refractivity (Wildman–Crippen MR) is 56.1 cm³/mol. The summed E-state index contributed by atoms with van der Waals surface area (Å²) in [6.07, 6.45) is -0.349. The van der Waals surface area contributed by atoms with Crippen molar-refractivity contribution in [3.8, 4) is 0 Å². The summed E-state index contributed by atoms with van der Waals surface area (Å²) in [4.78, 5) is 42.0. The highest BCUT2D eigenvalue weighted by Gasteiger charge is 2.24. The van der Waals surface area contributed by atoms with E-state index >= 15 is 0 Å². The topological polar surface area (TPSA) is 82.1 Å². The van der Waals surface area contributed by atoms with Crippen LogP contribution in [0.25, 0.3) is 0 Å². The van der Waals surface area contributed by atoms with Crippen LogP contribution in [0.5, 0.6) is 0 Å². The van der Waals surface area contributed by atoms with Crippen LogP contribution in [0.3, 0.4) is 0 Å². The first kappa shape index (κ1) is 14.7. The highest BCUT2D eigenvalue weighted by Crippen LogP contribution is 2.03. The standard InChI is InChI=1S/C10H13NO6/c1-5-8(12)16-11(10(14)15-6-2)17-9(13)7(3)4/h5H,1,3,6H2,2,4H3. The minimum absolute atomic E-state index is 0.0194. The Morgan fingerprint density at radius 1 is 1.29 bits per heavy atom. The van der Waals surface area contributed by atoms with Gasteiger partial charge in [-0.3, -0.25) is 9.68 Å². The van der Waals surface area contributed by atoms with E-state index in [0.717, 1.165) is 6.08 Å². The van der Waals surface area contributed by atoms with Gasteiger partial charge >= 0.3 is 18.0 Å². The Morgan fingerprint density at radius 3 is 2.29 bits per heavy atom. The van der Waals surface area contributed by atoms with Crippen molar-refractivity contribution in [2.75, 3.05) is 6.61 Å². The molecule has 0 aliphatic heterocycles. The zero-order valence-corrected chi connectivity index (χ0v) is 9.60. The fourth-order valence-corrected chi connectivity index (χ4v) is 0.542. The largest absolute Gasteiger partial charge is 0.479 e. The first-order valence-electron chi connectivity index (χ1n) is 4.61. The van der Waals surface area contributed by atoms with Crippen LogP contribution >= 0.6 is 0 Å². The average molecular weight is 243 g/mol. The molecule has 0 unspecified atom stereocenters. The van der Waals surface area contributed by atoms with Crippen LogP contribution < -0.4 is 0 Å². The molecule has 94 valence electrons. The van der Waals surface area contributed by atoms with E-state index in [0.29, 0.717) is 0 Å². The van der Waals surface area contributed by atoms with Crippen molar-refractivity contribution in [3.63, 3.8) is 0 Å². The molecule has 0 N–H and O–H groups in total. The summed E-state index contributed by atoms with van der Waals surface area (Å²) in [5, 5.41) is 0.0323. The second kappa shape index (κ2) is 7.04. The van der Waals surface area contributed by atoms with Crippen LogP contribution in [0.1, 0.15) is 13.8 Å². The van der Waals surface area contributed by atoms with Gasteiger partial charge in [0.2, 0.25) is 0 Å². The predicted octanol–water partition coefficient (Wildman–Crippen LogP) is 1.12. The molecule has 0 heterocycles. The Balaban J connectivity index is 4.66. The third-order valence-corrected chi connectivity index (χ3v) is 1.27. The van der Waals surface area contributed by atoms with Crippen molar-refractivity contribution in [3.05, 3.63) is 24.8 Å². The molecule has 0 saturated heterocycles. The van der Waals surface area contributed by atoms with Gasteiger partial charge in [-0.05, 0) is 13.8 Å². The summed E-state index contributed by atoms with van der Waals surface area (Å²) in [5.41, 5.74) is 0.0222. The molecule has 0 aromatic rings. The molecule has 0 aliphatic rings. The number of nitrogens with zero attached hydrogens (tertiary/aromatic N) is 1. The zero-order chi connectivity index (χ0) is 13.4. The Kier molecular flexibility index (Phi) is 6.09. The third kappa shape index (κ3) is 5.36. The zero-order valence-electron chi connectivity index (χ0n) is 9.60. The molecular weight excluding hydrogens is 230 g/mol. The summed E-state index contributed by atoms with van der Waals surface area (Å²) in [6.45, 7) is 9.34. The molecule has 1 amide bonds. The van der Waals surface area contributed by atoms with E-state index in [1.165, 1.54) is 13.8 Å². The number of carbonyl (C=O) groups excluding carboxylic acids is 3. The van der Waals surface area contributed by atoms with Gasteiger partial charge in [-0.2, -0.15) is 0 Å². The quantitative estimate of drug-likeness (QED) is 0.545. The van der Waals surface area contributed by atoms with Crippen LogP contribution in [0, 0.1) is 0 Å². The Bertz CT molecular complexity index is 349. The van der Waals surface area contributed by atoms with Gasteiger partial charge in [-0.15, -0.1) is 0 Å². The maximum atomic E-state index is 11.2. The van der Waals surface area contributed by atoms with E-state index in [1.807, 2.05) is 0 Å². The lowest BCUT2D eigenvalue weighted by Gasteiger charge is -2.17. The molecule has 0 aliphatic carbocycles. The van der Waals surface area contributed by atoms with Gasteiger partial charge < -0.3 is 4.74 Å². The molecule has 0 saturated carbocycles. The number of hydrogen-bond acceptors (Lipinski definition) is 6. The van der Waals surface area contributed by atoms with Crippen molar-refractivity contribution >= 4 is 18.0 Å². The third-order valence-electron chi connectivity index (χ3n) is 1.27. The molecule has 0 aromatic heterocycles. The summed E-state index contributed by atoms with van der Waals surface area (Å²) in [7, 11) is 0. The molecule has 7 nitrogen and oxygen atoms in total. The van der Waals surface area contributed by atoms with Crippen molar-refractivity contribution < 1.29 is 28.8 Å².